The summed E-state index contributed by atoms with van der Waals surface area (Å²) >= 11 is 6.17. The molecule has 0 aliphatic heterocycles. The van der Waals surface area contributed by atoms with Gasteiger partial charge in [0.25, 0.3) is 5.91 Å². The Balaban J connectivity index is 2.07. The van der Waals surface area contributed by atoms with Crippen LogP contribution in [-0.2, 0) is 9.59 Å². The third-order valence-electron chi connectivity index (χ3n) is 4.24. The van der Waals surface area contributed by atoms with E-state index < -0.39 is 17.8 Å². The van der Waals surface area contributed by atoms with Crippen LogP contribution in [0.25, 0.3) is 0 Å². The molecule has 0 bridgehead atoms. The second-order valence-corrected chi connectivity index (χ2v) is 7.19. The summed E-state index contributed by atoms with van der Waals surface area (Å²) in [6.07, 6.45) is 4.32. The lowest BCUT2D eigenvalue weighted by Gasteiger charge is -2.24. The normalized spacial score (nSPS) is 19.2. The average molecular weight is 379 g/mol. The van der Waals surface area contributed by atoms with Crippen molar-refractivity contribution in [3.05, 3.63) is 40.9 Å². The van der Waals surface area contributed by atoms with E-state index in [1.807, 2.05) is 19.9 Å². The molecule has 0 aromatic heterocycles. The Hall–Kier alpha value is -2.34. The van der Waals surface area contributed by atoms with Crippen molar-refractivity contribution in [2.75, 3.05) is 11.9 Å². The molecule has 0 spiro atoms. The van der Waals surface area contributed by atoms with Gasteiger partial charge in [-0.2, -0.15) is 0 Å². The molecule has 0 saturated carbocycles. The number of carbonyl (C=O) groups excluding carboxylic acids is 2. The van der Waals surface area contributed by atoms with Crippen LogP contribution < -0.4 is 10.6 Å². The lowest BCUT2D eigenvalue weighted by atomic mass is 9.82. The Bertz CT molecular complexity index is 730. The van der Waals surface area contributed by atoms with E-state index in [1.54, 1.807) is 18.2 Å². The molecule has 6 nitrogen and oxygen atoms in total. The zero-order valence-corrected chi connectivity index (χ0v) is 15.5. The number of anilines is 1. The summed E-state index contributed by atoms with van der Waals surface area (Å²) in [4.78, 5) is 35.9. The smallest absolute Gasteiger partial charge is 0.307 e. The first kappa shape index (κ1) is 20.0. The summed E-state index contributed by atoms with van der Waals surface area (Å²) in [6.45, 7) is 4.52. The highest BCUT2D eigenvalue weighted by molar-refractivity contribution is 6.34. The number of benzene rings is 1. The molecule has 3 N–H and O–H groups in total. The largest absolute Gasteiger partial charge is 0.481 e. The van der Waals surface area contributed by atoms with Crippen LogP contribution in [0.3, 0.4) is 0 Å². The first-order chi connectivity index (χ1) is 12.3. The van der Waals surface area contributed by atoms with Crippen LogP contribution >= 0.6 is 11.6 Å². The minimum absolute atomic E-state index is 0.224. The van der Waals surface area contributed by atoms with Gasteiger partial charge in [-0.1, -0.05) is 37.6 Å². The highest BCUT2D eigenvalue weighted by Gasteiger charge is 2.34. The second kappa shape index (κ2) is 8.85. The molecule has 0 fully saturated rings. The Labute approximate surface area is 157 Å². The molecular formula is C19H23ClN2O4. The van der Waals surface area contributed by atoms with Crippen LogP contribution in [-0.4, -0.2) is 29.4 Å². The zero-order chi connectivity index (χ0) is 19.3. The summed E-state index contributed by atoms with van der Waals surface area (Å²) in [5, 5.41) is 15.0. The third kappa shape index (κ3) is 5.08. The summed E-state index contributed by atoms with van der Waals surface area (Å²) in [5.74, 6) is -2.67. The molecule has 1 aliphatic carbocycles. The topological polar surface area (TPSA) is 95.5 Å². The fourth-order valence-electron chi connectivity index (χ4n) is 2.78. The highest BCUT2D eigenvalue weighted by Crippen LogP contribution is 2.28. The molecule has 140 valence electrons. The maximum Gasteiger partial charge on any atom is 0.307 e. The first-order valence-electron chi connectivity index (χ1n) is 8.56. The monoisotopic (exact) mass is 378 g/mol. The molecule has 0 heterocycles. The van der Waals surface area contributed by atoms with Crippen LogP contribution in [0.1, 0.15) is 37.0 Å². The van der Waals surface area contributed by atoms with E-state index in [0.29, 0.717) is 36.6 Å². The van der Waals surface area contributed by atoms with Crippen LogP contribution in [0.15, 0.2) is 30.4 Å². The molecular weight excluding hydrogens is 356 g/mol. The van der Waals surface area contributed by atoms with E-state index in [0.717, 1.165) is 0 Å². The van der Waals surface area contributed by atoms with E-state index in [4.69, 9.17) is 11.6 Å². The molecule has 1 aliphatic rings. The quantitative estimate of drug-likeness (QED) is 0.661. The van der Waals surface area contributed by atoms with Gasteiger partial charge in [0, 0.05) is 12.2 Å². The second-order valence-electron chi connectivity index (χ2n) is 6.78. The lowest BCUT2D eigenvalue weighted by Crippen LogP contribution is -2.34. The van der Waals surface area contributed by atoms with Gasteiger partial charge in [-0.05, 0) is 37.0 Å². The van der Waals surface area contributed by atoms with Crippen LogP contribution in [0.4, 0.5) is 5.69 Å². The van der Waals surface area contributed by atoms with E-state index in [-0.39, 0.29) is 16.8 Å². The number of hydrogen-bond donors (Lipinski definition) is 3. The molecule has 0 radical (unpaired) electrons. The average Bonchev–Trinajstić information content (AvgIpc) is 2.59. The zero-order valence-electron chi connectivity index (χ0n) is 14.8. The van der Waals surface area contributed by atoms with Gasteiger partial charge in [-0.25, -0.2) is 0 Å². The maximum absolute atomic E-state index is 12.5. The molecule has 2 atom stereocenters. The number of rotatable bonds is 6. The van der Waals surface area contributed by atoms with E-state index in [2.05, 4.69) is 10.6 Å². The fourth-order valence-corrected chi connectivity index (χ4v) is 3.05. The standard InChI is InChI=1S/C19H23ClN2O4/c1-11(2)10-21-17(23)15-8-7-12(9-16(15)20)22-18(24)13-5-3-4-6-14(13)19(25)26/h3-4,7-9,11,13-14H,5-6,10H2,1-2H3,(H,21,23)(H,22,24)(H,25,26)/t13-,14+/m0/s1. The number of nitrogens with one attached hydrogen (secondary N) is 2. The van der Waals surface area contributed by atoms with E-state index >= 15 is 0 Å². The molecule has 2 rings (SSSR count). The number of halogens is 1. The van der Waals surface area contributed by atoms with Crippen molar-refractivity contribution in [2.24, 2.45) is 17.8 Å². The molecule has 0 saturated heterocycles. The number of carboxylic acids is 1. The van der Waals surface area contributed by atoms with Crippen molar-refractivity contribution in [3.8, 4) is 0 Å². The van der Waals surface area contributed by atoms with Crippen molar-refractivity contribution in [2.45, 2.75) is 26.7 Å². The Kier molecular flexibility index (Phi) is 6.80. The van der Waals surface area contributed by atoms with Gasteiger partial charge in [0.2, 0.25) is 5.91 Å². The molecule has 26 heavy (non-hydrogen) atoms. The number of aliphatic carboxylic acids is 1. The van der Waals surface area contributed by atoms with Gasteiger partial charge < -0.3 is 15.7 Å². The van der Waals surface area contributed by atoms with Crippen LogP contribution in [0, 0.1) is 17.8 Å². The molecule has 1 aromatic rings. The van der Waals surface area contributed by atoms with Crippen LogP contribution in [0.2, 0.25) is 5.02 Å². The molecule has 7 heteroatoms. The Morgan fingerprint density at radius 1 is 1.19 bits per heavy atom. The fraction of sp³-hybridized carbons (Fsp3) is 0.421. The number of carbonyl (C=O) groups is 3. The molecule has 0 unspecified atom stereocenters. The highest BCUT2D eigenvalue weighted by atomic mass is 35.5. The van der Waals surface area contributed by atoms with E-state index in [1.165, 1.54) is 6.07 Å². The lowest BCUT2D eigenvalue weighted by molar-refractivity contribution is -0.146. The summed E-state index contributed by atoms with van der Waals surface area (Å²) < 4.78 is 0. The van der Waals surface area contributed by atoms with Gasteiger partial charge >= 0.3 is 5.97 Å². The number of carboxylic acid groups (broad SMARTS) is 1. The molecule has 2 amide bonds. The molecule has 1 aromatic carbocycles. The Morgan fingerprint density at radius 2 is 1.85 bits per heavy atom. The van der Waals surface area contributed by atoms with Gasteiger partial charge in [0.15, 0.2) is 0 Å². The van der Waals surface area contributed by atoms with Crippen molar-refractivity contribution in [3.63, 3.8) is 0 Å². The number of amides is 2. The predicted octanol–water partition coefficient (Wildman–Crippen LogP) is 3.33. The third-order valence-corrected chi connectivity index (χ3v) is 4.55. The number of hydrogen-bond acceptors (Lipinski definition) is 3. The predicted molar refractivity (Wildman–Crippen MR) is 100 cm³/mol. The van der Waals surface area contributed by atoms with Crippen molar-refractivity contribution >= 4 is 35.1 Å². The SMILES string of the molecule is CC(C)CNC(=O)c1ccc(NC(=O)[C@H]2CC=CC[C@H]2C(=O)O)cc1Cl. The minimum atomic E-state index is -0.982. The first-order valence-corrected chi connectivity index (χ1v) is 8.93. The summed E-state index contributed by atoms with van der Waals surface area (Å²) in [7, 11) is 0. The van der Waals surface area contributed by atoms with Gasteiger partial charge in [-0.15, -0.1) is 0 Å². The van der Waals surface area contributed by atoms with Crippen LogP contribution in [0.5, 0.6) is 0 Å². The van der Waals surface area contributed by atoms with Gasteiger partial charge in [-0.3, -0.25) is 14.4 Å². The summed E-state index contributed by atoms with van der Waals surface area (Å²) in [5.41, 5.74) is 0.758. The van der Waals surface area contributed by atoms with E-state index in [9.17, 15) is 19.5 Å². The van der Waals surface area contributed by atoms with Gasteiger partial charge in [0.1, 0.15) is 0 Å². The summed E-state index contributed by atoms with van der Waals surface area (Å²) in [6, 6.07) is 4.63. The van der Waals surface area contributed by atoms with Crippen molar-refractivity contribution < 1.29 is 19.5 Å². The van der Waals surface area contributed by atoms with Crippen molar-refractivity contribution in [1.29, 1.82) is 0 Å². The maximum atomic E-state index is 12.5. The minimum Gasteiger partial charge on any atom is -0.481 e. The van der Waals surface area contributed by atoms with Crippen molar-refractivity contribution in [1.82, 2.24) is 5.32 Å². The van der Waals surface area contributed by atoms with Gasteiger partial charge in [0.05, 0.1) is 22.4 Å². The number of allylic oxidation sites excluding steroid dienone is 2. The Morgan fingerprint density at radius 3 is 2.42 bits per heavy atom.